The van der Waals surface area contributed by atoms with Crippen molar-refractivity contribution in [2.75, 3.05) is 0 Å². The van der Waals surface area contributed by atoms with Crippen molar-refractivity contribution < 1.29 is 4.42 Å². The van der Waals surface area contributed by atoms with Crippen molar-refractivity contribution in [2.45, 2.75) is 0 Å². The molecule has 3 nitrogen and oxygen atoms in total. The summed E-state index contributed by atoms with van der Waals surface area (Å²) in [6.45, 7) is 0. The van der Waals surface area contributed by atoms with Gasteiger partial charge in [0.25, 0.3) is 5.56 Å². The summed E-state index contributed by atoms with van der Waals surface area (Å²) in [7, 11) is 0. The summed E-state index contributed by atoms with van der Waals surface area (Å²) < 4.78 is 10.7. The molecule has 218 valence electrons. The first-order valence-electron chi connectivity index (χ1n) is 15.8. The quantitative estimate of drug-likeness (QED) is 0.181. The van der Waals surface area contributed by atoms with Gasteiger partial charge >= 0.3 is 0 Å². The number of pyridine rings is 1. The molecule has 47 heavy (non-hydrogen) atoms. The standard InChI is InChI=1S/C43H23NO2S/c45-43-33-10-2-1-9-31(33)41-27(26-14-19-38-34(22-26)29-7-3-5-11-37(29)46-38)17-18-32-28-16-13-25(23-36(28)44(43)42(32)41)24-15-20-40-35(21-24)30-8-4-6-12-39(30)47-40/h1-23H. The summed E-state index contributed by atoms with van der Waals surface area (Å²) in [5.74, 6) is 0. The zero-order chi connectivity index (χ0) is 30.8. The number of furan rings is 1. The van der Waals surface area contributed by atoms with Gasteiger partial charge in [0.1, 0.15) is 11.2 Å². The Hall–Kier alpha value is -5.97. The lowest BCUT2D eigenvalue weighted by molar-refractivity contribution is 0.669. The minimum absolute atomic E-state index is 0.0120. The third-order valence-electron chi connectivity index (χ3n) is 9.96. The maximum atomic E-state index is 14.4. The molecule has 11 aromatic rings. The second-order valence-corrected chi connectivity index (χ2v) is 13.5. The fourth-order valence-electron chi connectivity index (χ4n) is 7.82. The van der Waals surface area contributed by atoms with Gasteiger partial charge in [-0.05, 0) is 76.2 Å². The van der Waals surface area contributed by atoms with Crippen LogP contribution in [0.3, 0.4) is 0 Å². The van der Waals surface area contributed by atoms with Crippen LogP contribution in [0.1, 0.15) is 0 Å². The van der Waals surface area contributed by atoms with Crippen molar-refractivity contribution in [1.82, 2.24) is 4.40 Å². The first-order valence-corrected chi connectivity index (χ1v) is 16.6. The summed E-state index contributed by atoms with van der Waals surface area (Å²) in [6.07, 6.45) is 0. The molecule has 7 aromatic carbocycles. The monoisotopic (exact) mass is 617 g/mol. The number of hydrogen-bond donors (Lipinski definition) is 0. The molecule has 0 N–H and O–H groups in total. The molecule has 0 bridgehead atoms. The molecule has 0 radical (unpaired) electrons. The molecule has 0 amide bonds. The predicted octanol–water partition coefficient (Wildman–Crippen LogP) is 11.8. The van der Waals surface area contributed by atoms with E-state index in [0.717, 1.165) is 82.2 Å². The first-order chi connectivity index (χ1) is 23.2. The summed E-state index contributed by atoms with van der Waals surface area (Å²) in [5.41, 5.74) is 8.10. The minimum atomic E-state index is 0.0120. The lowest BCUT2D eigenvalue weighted by Gasteiger charge is -2.12. The Morgan fingerprint density at radius 1 is 0.468 bits per heavy atom. The van der Waals surface area contributed by atoms with E-state index in [1.54, 1.807) is 0 Å². The number of benzene rings is 7. The second kappa shape index (κ2) is 9.06. The topological polar surface area (TPSA) is 34.6 Å². The zero-order valence-corrected chi connectivity index (χ0v) is 25.8. The molecule has 0 unspecified atom stereocenters. The highest BCUT2D eigenvalue weighted by molar-refractivity contribution is 7.25. The first kappa shape index (κ1) is 25.2. The molecular weight excluding hydrogens is 595 g/mol. The molecule has 0 spiro atoms. The van der Waals surface area contributed by atoms with Crippen molar-refractivity contribution in [3.8, 4) is 22.3 Å². The van der Waals surface area contributed by atoms with Gasteiger partial charge in [0.2, 0.25) is 0 Å². The van der Waals surface area contributed by atoms with Gasteiger partial charge in [-0.3, -0.25) is 9.20 Å². The molecule has 4 aromatic heterocycles. The summed E-state index contributed by atoms with van der Waals surface area (Å²) in [6, 6.07) is 49.0. The summed E-state index contributed by atoms with van der Waals surface area (Å²) in [5, 5.41) is 9.69. The van der Waals surface area contributed by atoms with Gasteiger partial charge < -0.3 is 4.42 Å². The maximum Gasteiger partial charge on any atom is 0.263 e. The van der Waals surface area contributed by atoms with E-state index in [1.165, 1.54) is 20.2 Å². The average Bonchev–Trinajstić information content (AvgIpc) is 3.79. The lowest BCUT2D eigenvalue weighted by Crippen LogP contribution is -2.13. The molecule has 0 saturated carbocycles. The normalized spacial score (nSPS) is 12.3. The van der Waals surface area contributed by atoms with E-state index in [-0.39, 0.29) is 5.56 Å². The Kier molecular flexibility index (Phi) is 4.87. The Balaban J connectivity index is 1.21. The highest BCUT2D eigenvalue weighted by atomic mass is 32.1. The van der Waals surface area contributed by atoms with Crippen LogP contribution in [0, 0.1) is 0 Å². The van der Waals surface area contributed by atoms with Crippen LogP contribution in [0.2, 0.25) is 0 Å². The molecule has 0 aliphatic carbocycles. The average molecular weight is 618 g/mol. The smallest absolute Gasteiger partial charge is 0.263 e. The predicted molar refractivity (Wildman–Crippen MR) is 198 cm³/mol. The van der Waals surface area contributed by atoms with Gasteiger partial charge in [-0.1, -0.05) is 91.0 Å². The van der Waals surface area contributed by atoms with Crippen molar-refractivity contribution in [3.63, 3.8) is 0 Å². The Labute approximate surface area is 271 Å². The van der Waals surface area contributed by atoms with Crippen molar-refractivity contribution >= 4 is 91.4 Å². The number of para-hydroxylation sites is 1. The second-order valence-electron chi connectivity index (χ2n) is 12.4. The van der Waals surface area contributed by atoms with Crippen LogP contribution in [0.25, 0.3) is 102 Å². The van der Waals surface area contributed by atoms with Crippen LogP contribution in [-0.2, 0) is 0 Å². The molecule has 11 rings (SSSR count). The van der Waals surface area contributed by atoms with Crippen LogP contribution in [0.5, 0.6) is 0 Å². The lowest BCUT2D eigenvalue weighted by atomic mass is 9.94. The molecule has 4 heterocycles. The van der Waals surface area contributed by atoms with E-state index >= 15 is 0 Å². The molecule has 0 saturated heterocycles. The molecule has 0 aliphatic rings. The third kappa shape index (κ3) is 3.37. The number of nitrogens with zero attached hydrogens (tertiary/aromatic N) is 1. The molecule has 0 fully saturated rings. The fourth-order valence-corrected chi connectivity index (χ4v) is 8.90. The van der Waals surface area contributed by atoms with Gasteiger partial charge in [-0.15, -0.1) is 11.3 Å². The van der Waals surface area contributed by atoms with Gasteiger partial charge in [0, 0.05) is 52.5 Å². The van der Waals surface area contributed by atoms with Gasteiger partial charge in [0.15, 0.2) is 0 Å². The summed E-state index contributed by atoms with van der Waals surface area (Å²) in [4.78, 5) is 14.4. The summed E-state index contributed by atoms with van der Waals surface area (Å²) >= 11 is 1.83. The van der Waals surface area contributed by atoms with E-state index in [4.69, 9.17) is 4.42 Å². The van der Waals surface area contributed by atoms with Gasteiger partial charge in [-0.25, -0.2) is 0 Å². The van der Waals surface area contributed by atoms with Crippen LogP contribution in [0.15, 0.2) is 149 Å². The number of hydrogen-bond acceptors (Lipinski definition) is 3. The largest absolute Gasteiger partial charge is 0.456 e. The SMILES string of the molecule is O=c1c2ccccc2c2c(-c3ccc4oc5ccccc5c4c3)ccc3c4ccc(-c5ccc6sc7ccccc7c6c5)cc4n1c32. The zero-order valence-electron chi connectivity index (χ0n) is 25.0. The maximum absolute atomic E-state index is 14.4. The van der Waals surface area contributed by atoms with E-state index in [0.29, 0.717) is 0 Å². The van der Waals surface area contributed by atoms with E-state index in [2.05, 4.69) is 109 Å². The Morgan fingerprint density at radius 2 is 1.13 bits per heavy atom. The van der Waals surface area contributed by atoms with E-state index < -0.39 is 0 Å². The van der Waals surface area contributed by atoms with Crippen LogP contribution in [-0.4, -0.2) is 4.40 Å². The highest BCUT2D eigenvalue weighted by Crippen LogP contribution is 2.43. The Morgan fingerprint density at radius 3 is 2.04 bits per heavy atom. The van der Waals surface area contributed by atoms with Gasteiger partial charge in [-0.2, -0.15) is 0 Å². The van der Waals surface area contributed by atoms with Crippen molar-refractivity contribution in [3.05, 3.63) is 150 Å². The highest BCUT2D eigenvalue weighted by Gasteiger charge is 2.21. The molecule has 0 atom stereocenters. The van der Waals surface area contributed by atoms with E-state index in [9.17, 15) is 4.79 Å². The Bertz CT molecular complexity index is 3160. The molecule has 4 heteroatoms. The number of rotatable bonds is 2. The third-order valence-corrected chi connectivity index (χ3v) is 11.1. The van der Waals surface area contributed by atoms with Crippen molar-refractivity contribution in [2.24, 2.45) is 0 Å². The number of thiophene rings is 1. The number of aromatic nitrogens is 1. The minimum Gasteiger partial charge on any atom is -0.456 e. The number of fused-ring (bicyclic) bond motifs is 11. The fraction of sp³-hybridized carbons (Fsp3) is 0. The van der Waals surface area contributed by atoms with Crippen LogP contribution >= 0.6 is 11.3 Å². The van der Waals surface area contributed by atoms with Gasteiger partial charge in [0.05, 0.1) is 11.0 Å². The van der Waals surface area contributed by atoms with Crippen LogP contribution in [0.4, 0.5) is 0 Å². The van der Waals surface area contributed by atoms with Crippen LogP contribution < -0.4 is 5.56 Å². The van der Waals surface area contributed by atoms with Crippen molar-refractivity contribution in [1.29, 1.82) is 0 Å². The molecular formula is C43H23NO2S. The van der Waals surface area contributed by atoms with E-state index in [1.807, 2.05) is 46.1 Å². The molecule has 0 aliphatic heterocycles.